The molecule has 0 radical (unpaired) electrons. The minimum Gasteiger partial charge on any atom is -0.458 e. The van der Waals surface area contributed by atoms with Crippen LogP contribution in [0.4, 0.5) is 8.78 Å². The Kier molecular flexibility index (Phi) is 7.48. The summed E-state index contributed by atoms with van der Waals surface area (Å²) in [6, 6.07) is 3.88. The molecule has 1 N–H and O–H groups in total. The van der Waals surface area contributed by atoms with Crippen LogP contribution in [0.3, 0.4) is 0 Å². The van der Waals surface area contributed by atoms with Crippen molar-refractivity contribution in [3.05, 3.63) is 28.8 Å². The summed E-state index contributed by atoms with van der Waals surface area (Å²) >= 11 is 0. The van der Waals surface area contributed by atoms with E-state index < -0.39 is 39.8 Å². The van der Waals surface area contributed by atoms with Crippen molar-refractivity contribution in [1.82, 2.24) is 0 Å². The van der Waals surface area contributed by atoms with E-state index in [0.717, 1.165) is 16.7 Å². The van der Waals surface area contributed by atoms with E-state index in [0.29, 0.717) is 44.3 Å². The molecule has 2 aliphatic rings. The van der Waals surface area contributed by atoms with E-state index in [2.05, 4.69) is 4.74 Å². The number of halogens is 2. The van der Waals surface area contributed by atoms with Crippen LogP contribution in [0.25, 0.3) is 0 Å². The highest BCUT2D eigenvalue weighted by Gasteiger charge is 2.49. The lowest BCUT2D eigenvalue weighted by molar-refractivity contribution is -0.162. The van der Waals surface area contributed by atoms with Gasteiger partial charge in [0.1, 0.15) is 5.75 Å². The van der Waals surface area contributed by atoms with Gasteiger partial charge in [0.2, 0.25) is 0 Å². The molecule has 0 aliphatic heterocycles. The lowest BCUT2D eigenvalue weighted by Crippen LogP contribution is -2.44. The second kappa shape index (κ2) is 9.66. The van der Waals surface area contributed by atoms with Gasteiger partial charge in [-0.15, -0.1) is 0 Å². The molecule has 2 fully saturated rings. The molecule has 0 heterocycles. The van der Waals surface area contributed by atoms with Crippen LogP contribution < -0.4 is 4.74 Å². The summed E-state index contributed by atoms with van der Waals surface area (Å²) in [5.74, 6) is -2.26. The first kappa shape index (κ1) is 25.6. The van der Waals surface area contributed by atoms with Gasteiger partial charge in [-0.1, -0.05) is 30.5 Å². The summed E-state index contributed by atoms with van der Waals surface area (Å²) < 4.78 is 67.5. The highest BCUT2D eigenvalue weighted by Crippen LogP contribution is 2.47. The number of fused-ring (bicyclic) bond motifs is 1. The number of benzene rings is 1. The van der Waals surface area contributed by atoms with Crippen molar-refractivity contribution < 1.29 is 40.8 Å². The van der Waals surface area contributed by atoms with Crippen molar-refractivity contribution in [3.63, 3.8) is 0 Å². The molecule has 0 spiro atoms. The van der Waals surface area contributed by atoms with Gasteiger partial charge in [0, 0.05) is 0 Å². The van der Waals surface area contributed by atoms with Crippen molar-refractivity contribution in [2.45, 2.75) is 64.6 Å². The lowest BCUT2D eigenvalue weighted by atomic mass is 9.61. The van der Waals surface area contributed by atoms with Gasteiger partial charge in [-0.2, -0.15) is 17.2 Å². The first-order valence-electron chi connectivity index (χ1n) is 11.1. The molecule has 1 aromatic carbocycles. The fourth-order valence-electron chi connectivity index (χ4n) is 5.43. The first-order valence-corrected chi connectivity index (χ1v) is 12.6. The van der Waals surface area contributed by atoms with Crippen LogP contribution in [-0.4, -0.2) is 36.8 Å². The molecule has 0 bridgehead atoms. The third-order valence-corrected chi connectivity index (χ3v) is 7.73. The van der Waals surface area contributed by atoms with E-state index in [1.807, 2.05) is 32.9 Å². The second-order valence-corrected chi connectivity index (χ2v) is 10.8. The Morgan fingerprint density at radius 3 is 1.94 bits per heavy atom. The number of ether oxygens (including phenoxy) is 2. The summed E-state index contributed by atoms with van der Waals surface area (Å²) in [6.07, 6.45) is 3.68. The number of alkyl halides is 2. The monoisotopic (exact) mass is 488 g/mol. The Balaban J connectivity index is 1.71. The van der Waals surface area contributed by atoms with E-state index in [4.69, 9.17) is 9.29 Å². The molecule has 0 amide bonds. The SMILES string of the molecule is Cc1cc(C)c(OC(=O)C2CCCC3C(C(=O)OCC(F)(F)S(=O)(=O)O)CCCC23)c(C)c1. The Morgan fingerprint density at radius 2 is 1.45 bits per heavy atom. The Morgan fingerprint density at radius 1 is 0.970 bits per heavy atom. The van der Waals surface area contributed by atoms with Gasteiger partial charge in [0.15, 0.2) is 6.61 Å². The summed E-state index contributed by atoms with van der Waals surface area (Å²) in [5.41, 5.74) is 2.78. The molecule has 1 aromatic rings. The van der Waals surface area contributed by atoms with Gasteiger partial charge < -0.3 is 9.47 Å². The van der Waals surface area contributed by atoms with Crippen molar-refractivity contribution in [2.75, 3.05) is 6.61 Å². The number of hydrogen-bond donors (Lipinski definition) is 1. The summed E-state index contributed by atoms with van der Waals surface area (Å²) in [4.78, 5) is 25.7. The minimum absolute atomic E-state index is 0.148. The predicted molar refractivity (Wildman–Crippen MR) is 115 cm³/mol. The maximum atomic E-state index is 13.5. The van der Waals surface area contributed by atoms with Crippen molar-refractivity contribution in [1.29, 1.82) is 0 Å². The maximum Gasteiger partial charge on any atom is 0.402 e. The third kappa shape index (κ3) is 5.54. The van der Waals surface area contributed by atoms with Crippen LogP contribution >= 0.6 is 0 Å². The van der Waals surface area contributed by atoms with Crippen LogP contribution in [0, 0.1) is 44.4 Å². The van der Waals surface area contributed by atoms with Crippen LogP contribution in [-0.2, 0) is 24.4 Å². The van der Waals surface area contributed by atoms with E-state index in [1.165, 1.54) is 0 Å². The van der Waals surface area contributed by atoms with Crippen LogP contribution in [0.1, 0.15) is 55.2 Å². The highest BCUT2D eigenvalue weighted by molar-refractivity contribution is 7.86. The molecule has 2 aliphatic carbocycles. The molecular weight excluding hydrogens is 458 g/mol. The van der Waals surface area contributed by atoms with E-state index in [-0.39, 0.29) is 17.8 Å². The molecule has 0 saturated heterocycles. The maximum absolute atomic E-state index is 13.5. The molecule has 7 nitrogen and oxygen atoms in total. The van der Waals surface area contributed by atoms with Crippen molar-refractivity contribution in [2.24, 2.45) is 23.7 Å². The molecule has 2 saturated carbocycles. The number of aryl methyl sites for hydroxylation is 3. The second-order valence-electron chi connectivity index (χ2n) is 9.27. The number of esters is 2. The summed E-state index contributed by atoms with van der Waals surface area (Å²) in [5, 5.41) is -4.57. The Labute approximate surface area is 192 Å². The molecule has 0 aromatic heterocycles. The van der Waals surface area contributed by atoms with Gasteiger partial charge in [-0.25, -0.2) is 0 Å². The topological polar surface area (TPSA) is 107 Å². The van der Waals surface area contributed by atoms with Crippen LogP contribution in [0.5, 0.6) is 5.75 Å². The van der Waals surface area contributed by atoms with Crippen molar-refractivity contribution in [3.8, 4) is 5.75 Å². The smallest absolute Gasteiger partial charge is 0.402 e. The average Bonchev–Trinajstić information content (AvgIpc) is 2.72. The first-order chi connectivity index (χ1) is 15.3. The highest BCUT2D eigenvalue weighted by atomic mass is 32.2. The number of rotatable bonds is 6. The van der Waals surface area contributed by atoms with Crippen molar-refractivity contribution >= 4 is 22.1 Å². The predicted octanol–water partition coefficient (Wildman–Crippen LogP) is 4.37. The quantitative estimate of drug-likeness (QED) is 0.360. The third-order valence-electron chi connectivity index (χ3n) is 6.86. The minimum atomic E-state index is -5.68. The Hall–Kier alpha value is -2.07. The van der Waals surface area contributed by atoms with Crippen LogP contribution in [0.2, 0.25) is 0 Å². The largest absolute Gasteiger partial charge is 0.458 e. The standard InChI is InChI=1S/C23H30F2O7S/c1-13-10-14(2)20(15(3)11-13)32-22(27)19-9-5-6-16-17(19)7-4-8-18(16)21(26)31-12-23(24,25)33(28,29)30/h10-11,16-19H,4-9,12H2,1-3H3,(H,28,29,30). The fraction of sp³-hybridized carbons (Fsp3) is 0.652. The molecule has 33 heavy (non-hydrogen) atoms. The van der Waals surface area contributed by atoms with Gasteiger partial charge in [-0.05, 0) is 69.4 Å². The number of hydrogen-bond acceptors (Lipinski definition) is 6. The van der Waals surface area contributed by atoms with Gasteiger partial charge in [0.05, 0.1) is 11.8 Å². The van der Waals surface area contributed by atoms with Gasteiger partial charge in [0.25, 0.3) is 0 Å². The number of carbonyl (C=O) groups is 2. The summed E-state index contributed by atoms with van der Waals surface area (Å²) in [6.45, 7) is 3.98. The molecule has 4 atom stereocenters. The summed E-state index contributed by atoms with van der Waals surface area (Å²) in [7, 11) is -5.68. The molecule has 4 unspecified atom stereocenters. The Bertz CT molecular complexity index is 999. The zero-order valence-electron chi connectivity index (χ0n) is 19.0. The molecule has 3 rings (SSSR count). The zero-order valence-corrected chi connectivity index (χ0v) is 19.8. The number of carbonyl (C=O) groups excluding carboxylic acids is 2. The molecule has 184 valence electrons. The zero-order chi connectivity index (χ0) is 24.6. The normalized spacial score (nSPS) is 25.8. The molecular formula is C23H30F2O7S. The van der Waals surface area contributed by atoms with E-state index in [9.17, 15) is 26.8 Å². The van der Waals surface area contributed by atoms with Crippen LogP contribution in [0.15, 0.2) is 12.1 Å². The van der Waals surface area contributed by atoms with E-state index in [1.54, 1.807) is 0 Å². The van der Waals surface area contributed by atoms with Gasteiger partial charge in [-0.3, -0.25) is 14.1 Å². The van der Waals surface area contributed by atoms with Gasteiger partial charge >= 0.3 is 27.3 Å². The lowest BCUT2D eigenvalue weighted by Gasteiger charge is -2.43. The average molecular weight is 489 g/mol. The fourth-order valence-corrected chi connectivity index (χ4v) is 5.64. The molecule has 10 heteroatoms. The van der Waals surface area contributed by atoms with E-state index >= 15 is 0 Å².